The lowest BCUT2D eigenvalue weighted by atomic mass is 10.0. The van der Waals surface area contributed by atoms with Crippen molar-refractivity contribution in [2.24, 2.45) is 0 Å². The molecule has 4 nitrogen and oxygen atoms in total. The van der Waals surface area contributed by atoms with Gasteiger partial charge in [-0.05, 0) is 18.6 Å². The van der Waals surface area contributed by atoms with E-state index in [1.165, 1.54) is 0 Å². The molecule has 1 fully saturated rings. The van der Waals surface area contributed by atoms with Crippen molar-refractivity contribution in [1.29, 1.82) is 0 Å². The molecular formula is C11H12N2O2. The van der Waals surface area contributed by atoms with E-state index in [1.54, 1.807) is 6.20 Å². The predicted molar refractivity (Wildman–Crippen MR) is 56.0 cm³/mol. The van der Waals surface area contributed by atoms with Crippen LogP contribution in [0.2, 0.25) is 0 Å². The third-order valence-electron chi connectivity index (χ3n) is 2.24. The van der Waals surface area contributed by atoms with Crippen molar-refractivity contribution in [2.45, 2.75) is 12.5 Å². The molecule has 15 heavy (non-hydrogen) atoms. The average Bonchev–Trinajstić information content (AvgIpc) is 2.17. The Kier molecular flexibility index (Phi) is 2.35. The summed E-state index contributed by atoms with van der Waals surface area (Å²) in [6.07, 6.45) is 1.60. The highest BCUT2D eigenvalue weighted by Gasteiger charge is 2.33. The molecule has 2 heterocycles. The molecule has 1 aromatic rings. The average molecular weight is 204 g/mol. The Morgan fingerprint density at radius 2 is 2.33 bits per heavy atom. The van der Waals surface area contributed by atoms with Gasteiger partial charge in [-0.3, -0.25) is 0 Å². The molecule has 78 valence electrons. The molecule has 0 atom stereocenters. The van der Waals surface area contributed by atoms with Gasteiger partial charge in [0.1, 0.15) is 5.82 Å². The Labute approximate surface area is 88.1 Å². The topological polar surface area (TPSA) is 68.4 Å². The van der Waals surface area contributed by atoms with Crippen LogP contribution in [0.15, 0.2) is 12.3 Å². The summed E-state index contributed by atoms with van der Waals surface area (Å²) in [4.78, 5) is 3.99. The van der Waals surface area contributed by atoms with E-state index >= 15 is 0 Å². The minimum Gasteiger partial charge on any atom is -0.383 e. The third-order valence-corrected chi connectivity index (χ3v) is 2.24. The van der Waals surface area contributed by atoms with Crippen molar-refractivity contribution < 1.29 is 9.84 Å². The molecule has 1 aromatic heterocycles. The summed E-state index contributed by atoms with van der Waals surface area (Å²) in [6.45, 7) is 2.43. The lowest BCUT2D eigenvalue weighted by molar-refractivity contribution is -0.140. The van der Waals surface area contributed by atoms with E-state index in [2.05, 4.69) is 16.8 Å². The lowest BCUT2D eigenvalue weighted by Gasteiger charge is -2.30. The summed E-state index contributed by atoms with van der Waals surface area (Å²) in [5, 5.41) is 9.65. The number of hydrogen-bond donors (Lipinski definition) is 2. The molecule has 0 aliphatic carbocycles. The first-order chi connectivity index (χ1) is 7.09. The van der Waals surface area contributed by atoms with Crippen LogP contribution in [-0.4, -0.2) is 28.9 Å². The quantitative estimate of drug-likeness (QED) is 0.587. The Bertz CT molecular complexity index is 442. The lowest BCUT2D eigenvalue weighted by Crippen LogP contribution is -2.48. The van der Waals surface area contributed by atoms with E-state index in [4.69, 9.17) is 10.5 Å². The number of nitrogen functional groups attached to an aromatic ring is 1. The number of pyridine rings is 1. The van der Waals surface area contributed by atoms with Gasteiger partial charge in [-0.15, -0.1) is 0 Å². The normalized spacial score (nSPS) is 17.5. The van der Waals surface area contributed by atoms with Crippen LogP contribution in [0.5, 0.6) is 0 Å². The smallest absolute Gasteiger partial charge is 0.172 e. The molecule has 0 spiro atoms. The number of aliphatic hydroxyl groups is 1. The fraction of sp³-hybridized carbons (Fsp3) is 0.364. The van der Waals surface area contributed by atoms with Gasteiger partial charge in [0.25, 0.3) is 0 Å². The monoisotopic (exact) mass is 204 g/mol. The van der Waals surface area contributed by atoms with Gasteiger partial charge in [0.15, 0.2) is 5.60 Å². The highest BCUT2D eigenvalue weighted by Crippen LogP contribution is 2.15. The van der Waals surface area contributed by atoms with Crippen LogP contribution in [0.25, 0.3) is 0 Å². The van der Waals surface area contributed by atoms with Gasteiger partial charge in [0, 0.05) is 11.8 Å². The molecule has 0 bridgehead atoms. The number of aromatic nitrogens is 1. The van der Waals surface area contributed by atoms with Gasteiger partial charge in [0.05, 0.1) is 13.2 Å². The van der Waals surface area contributed by atoms with Crippen LogP contribution in [-0.2, 0) is 4.74 Å². The maximum atomic E-state index is 9.65. The van der Waals surface area contributed by atoms with Gasteiger partial charge < -0.3 is 15.6 Å². The zero-order valence-electron chi connectivity index (χ0n) is 8.45. The summed E-state index contributed by atoms with van der Waals surface area (Å²) >= 11 is 0. The van der Waals surface area contributed by atoms with Crippen LogP contribution >= 0.6 is 0 Å². The van der Waals surface area contributed by atoms with Crippen LogP contribution in [0.1, 0.15) is 11.1 Å². The number of nitrogens with zero attached hydrogens (tertiary/aromatic N) is 1. The Hall–Kier alpha value is -1.57. The van der Waals surface area contributed by atoms with Crippen molar-refractivity contribution in [2.75, 3.05) is 18.9 Å². The van der Waals surface area contributed by atoms with Gasteiger partial charge in [-0.2, -0.15) is 0 Å². The number of ether oxygens (including phenoxy) is 1. The Morgan fingerprint density at radius 3 is 2.87 bits per heavy atom. The molecule has 0 radical (unpaired) electrons. The number of nitrogens with two attached hydrogens (primary N) is 1. The van der Waals surface area contributed by atoms with E-state index in [0.717, 1.165) is 11.1 Å². The molecule has 1 aliphatic rings. The van der Waals surface area contributed by atoms with Crippen molar-refractivity contribution in [3.05, 3.63) is 23.4 Å². The van der Waals surface area contributed by atoms with Crippen molar-refractivity contribution >= 4 is 5.82 Å². The molecule has 0 amide bonds. The molecule has 4 heteroatoms. The van der Waals surface area contributed by atoms with Gasteiger partial charge >= 0.3 is 0 Å². The largest absolute Gasteiger partial charge is 0.383 e. The Morgan fingerprint density at radius 1 is 1.60 bits per heavy atom. The molecule has 0 unspecified atom stereocenters. The van der Waals surface area contributed by atoms with E-state index in [1.807, 2.05) is 13.0 Å². The SMILES string of the molecule is Cc1cc(C#CC2(O)COC2)cnc1N. The number of hydrogen-bond acceptors (Lipinski definition) is 4. The van der Waals surface area contributed by atoms with Crippen molar-refractivity contribution in [1.82, 2.24) is 4.98 Å². The van der Waals surface area contributed by atoms with Crippen LogP contribution in [0.4, 0.5) is 5.82 Å². The molecular weight excluding hydrogens is 192 g/mol. The summed E-state index contributed by atoms with van der Waals surface area (Å²) < 4.78 is 4.88. The molecule has 1 saturated heterocycles. The first kappa shape index (κ1) is 9.97. The second-order valence-corrected chi connectivity index (χ2v) is 3.70. The van der Waals surface area contributed by atoms with E-state index < -0.39 is 5.60 Å². The third kappa shape index (κ3) is 2.09. The zero-order valence-corrected chi connectivity index (χ0v) is 8.45. The Balaban J connectivity index is 2.20. The fourth-order valence-electron chi connectivity index (χ4n) is 1.21. The molecule has 2 rings (SSSR count). The predicted octanol–water partition coefficient (Wildman–Crippen LogP) is 0.0850. The van der Waals surface area contributed by atoms with Crippen molar-refractivity contribution in [3.8, 4) is 11.8 Å². The van der Waals surface area contributed by atoms with Crippen molar-refractivity contribution in [3.63, 3.8) is 0 Å². The number of rotatable bonds is 0. The highest BCUT2D eigenvalue weighted by atomic mass is 16.5. The highest BCUT2D eigenvalue weighted by molar-refractivity contribution is 5.45. The first-order valence-corrected chi connectivity index (χ1v) is 4.64. The van der Waals surface area contributed by atoms with Crippen LogP contribution < -0.4 is 5.73 Å². The molecule has 0 aromatic carbocycles. The summed E-state index contributed by atoms with van der Waals surface area (Å²) in [5.74, 6) is 6.12. The van der Waals surface area contributed by atoms with E-state index in [9.17, 15) is 5.11 Å². The minimum atomic E-state index is -0.977. The maximum Gasteiger partial charge on any atom is 0.172 e. The fourth-order valence-corrected chi connectivity index (χ4v) is 1.21. The first-order valence-electron chi connectivity index (χ1n) is 4.64. The minimum absolute atomic E-state index is 0.279. The molecule has 0 saturated carbocycles. The van der Waals surface area contributed by atoms with Crippen LogP contribution in [0.3, 0.4) is 0 Å². The maximum absolute atomic E-state index is 9.65. The van der Waals surface area contributed by atoms with Crippen LogP contribution in [0, 0.1) is 18.8 Å². The number of aryl methyl sites for hydroxylation is 1. The van der Waals surface area contributed by atoms with Gasteiger partial charge in [0.2, 0.25) is 0 Å². The molecule has 3 N–H and O–H groups in total. The zero-order chi connectivity index (χ0) is 10.9. The summed E-state index contributed by atoms with van der Waals surface area (Å²) in [6, 6.07) is 1.85. The standard InChI is InChI=1S/C11H12N2O2/c1-8-4-9(5-13-10(8)12)2-3-11(14)6-15-7-11/h4-5,14H,6-7H2,1H3,(H2,12,13). The summed E-state index contributed by atoms with van der Waals surface area (Å²) in [7, 11) is 0. The van der Waals surface area contributed by atoms with E-state index in [0.29, 0.717) is 5.82 Å². The summed E-state index contributed by atoms with van der Waals surface area (Å²) in [5.41, 5.74) is 6.24. The van der Waals surface area contributed by atoms with Gasteiger partial charge in [-0.25, -0.2) is 4.98 Å². The number of anilines is 1. The second kappa shape index (κ2) is 3.54. The van der Waals surface area contributed by atoms with E-state index in [-0.39, 0.29) is 13.2 Å². The van der Waals surface area contributed by atoms with Gasteiger partial charge in [-0.1, -0.05) is 11.8 Å². The second-order valence-electron chi connectivity index (χ2n) is 3.70. The molecule has 1 aliphatic heterocycles.